The fraction of sp³-hybridized carbons (Fsp3) is 0.750. The topological polar surface area (TPSA) is 100 Å². The molecule has 0 aromatic carbocycles. The SMILES string of the molecule is CCCCCCN=C(N)NC(=N)N.[Po]. The predicted octanol–water partition coefficient (Wildman–Crippen LogP) is -0.0163. The molecule has 0 spiro atoms. The molecule has 0 aliphatic rings. The summed E-state index contributed by atoms with van der Waals surface area (Å²) in [6.45, 7) is 2.86. The van der Waals surface area contributed by atoms with E-state index in [1.165, 1.54) is 19.3 Å². The monoisotopic (exact) mass is 394 g/mol. The molecule has 0 unspecified atom stereocenters. The Morgan fingerprint density at radius 3 is 2.43 bits per heavy atom. The van der Waals surface area contributed by atoms with Crippen LogP contribution >= 0.6 is 0 Å². The van der Waals surface area contributed by atoms with Gasteiger partial charge in [-0.25, -0.2) is 0 Å². The number of aliphatic imine (C=N–C) groups is 1. The molecule has 0 aromatic heterocycles. The average Bonchev–Trinajstić information content (AvgIpc) is 2.02. The van der Waals surface area contributed by atoms with Crippen LogP contribution in [0.4, 0.5) is 0 Å². The van der Waals surface area contributed by atoms with Crippen LogP contribution in [-0.2, 0) is 0 Å². The van der Waals surface area contributed by atoms with E-state index in [4.69, 9.17) is 16.9 Å². The van der Waals surface area contributed by atoms with E-state index in [0.29, 0.717) is 6.54 Å². The number of nitrogens with one attached hydrogen (secondary N) is 2. The third kappa shape index (κ3) is 11.6. The normalized spacial score (nSPS) is 10.5. The van der Waals surface area contributed by atoms with Crippen LogP contribution in [0, 0.1) is 5.41 Å². The molecule has 6 N–H and O–H groups in total. The minimum absolute atomic E-state index is 0. The van der Waals surface area contributed by atoms with Gasteiger partial charge in [0.05, 0.1) is 0 Å². The van der Waals surface area contributed by atoms with Crippen molar-refractivity contribution in [3.63, 3.8) is 0 Å². The van der Waals surface area contributed by atoms with Crippen molar-refractivity contribution < 1.29 is 0 Å². The van der Waals surface area contributed by atoms with Crippen LogP contribution in [-0.4, -0.2) is 45.0 Å². The molecule has 0 aliphatic heterocycles. The van der Waals surface area contributed by atoms with Gasteiger partial charge in [-0.15, -0.1) is 0 Å². The van der Waals surface area contributed by atoms with Crippen LogP contribution in [0.25, 0.3) is 0 Å². The van der Waals surface area contributed by atoms with Gasteiger partial charge in [0.15, 0.2) is 11.9 Å². The Kier molecular flexibility index (Phi) is 12.3. The second-order valence-corrected chi connectivity index (χ2v) is 2.87. The molecule has 0 aliphatic carbocycles. The summed E-state index contributed by atoms with van der Waals surface area (Å²) in [5.41, 5.74) is 10.5. The summed E-state index contributed by atoms with van der Waals surface area (Å²) in [5.74, 6) is 0.0545. The molecule has 14 heavy (non-hydrogen) atoms. The van der Waals surface area contributed by atoms with Crippen molar-refractivity contribution in [1.82, 2.24) is 5.32 Å². The van der Waals surface area contributed by atoms with Gasteiger partial charge < -0.3 is 11.5 Å². The third-order valence-electron chi connectivity index (χ3n) is 1.56. The van der Waals surface area contributed by atoms with Crippen LogP contribution in [0.2, 0.25) is 0 Å². The number of rotatable bonds is 5. The molecule has 82 valence electrons. The quantitative estimate of drug-likeness (QED) is 0.300. The minimum atomic E-state index is -0.171. The van der Waals surface area contributed by atoms with Gasteiger partial charge in [-0.1, -0.05) is 26.2 Å². The van der Waals surface area contributed by atoms with Gasteiger partial charge in [0.2, 0.25) is 0 Å². The first-order chi connectivity index (χ1) is 6.16. The zero-order chi connectivity index (χ0) is 10.1. The zero-order valence-electron chi connectivity index (χ0n) is 8.55. The molecule has 0 bridgehead atoms. The molecule has 0 rings (SSSR count). The Morgan fingerprint density at radius 2 is 1.93 bits per heavy atom. The maximum atomic E-state index is 6.88. The Bertz CT molecular complexity index is 181. The Morgan fingerprint density at radius 1 is 1.29 bits per heavy atom. The van der Waals surface area contributed by atoms with Gasteiger partial charge in [0.1, 0.15) is 0 Å². The number of nitrogens with zero attached hydrogens (tertiary/aromatic N) is 1. The van der Waals surface area contributed by atoms with Crippen LogP contribution in [0.3, 0.4) is 0 Å². The summed E-state index contributed by atoms with van der Waals surface area (Å²) in [4.78, 5) is 4.00. The molecule has 0 fully saturated rings. The van der Waals surface area contributed by atoms with Crippen molar-refractivity contribution in [2.45, 2.75) is 32.6 Å². The smallest absolute Gasteiger partial charge is 0.195 e. The Hall–Kier alpha value is -0.364. The van der Waals surface area contributed by atoms with Gasteiger partial charge in [-0.05, 0) is 6.42 Å². The van der Waals surface area contributed by atoms with E-state index < -0.39 is 0 Å². The molecule has 0 saturated carbocycles. The van der Waals surface area contributed by atoms with Crippen molar-refractivity contribution in [3.05, 3.63) is 0 Å². The molecule has 0 amide bonds. The Labute approximate surface area is 105 Å². The van der Waals surface area contributed by atoms with E-state index in [-0.39, 0.29) is 38.5 Å². The Balaban J connectivity index is 0. The maximum absolute atomic E-state index is 6.88. The molecule has 0 atom stereocenters. The van der Waals surface area contributed by atoms with Gasteiger partial charge in [0.25, 0.3) is 0 Å². The van der Waals surface area contributed by atoms with Gasteiger partial charge >= 0.3 is 0 Å². The molecule has 2 radical (unpaired) electrons. The summed E-state index contributed by atoms with van der Waals surface area (Å²) < 4.78 is 0. The summed E-state index contributed by atoms with van der Waals surface area (Å²) in [6, 6.07) is 0. The van der Waals surface area contributed by atoms with E-state index in [2.05, 4.69) is 17.2 Å². The van der Waals surface area contributed by atoms with Crippen molar-refractivity contribution in [1.29, 1.82) is 5.41 Å². The molecular weight excluding hydrogens is 375 g/mol. The first-order valence-corrected chi connectivity index (χ1v) is 4.57. The molecular formula is C8H19N5Po. The second kappa shape index (κ2) is 10.7. The summed E-state index contributed by atoms with van der Waals surface area (Å²) in [5, 5.41) is 9.30. The van der Waals surface area contributed by atoms with E-state index in [1.807, 2.05) is 0 Å². The van der Waals surface area contributed by atoms with E-state index in [1.54, 1.807) is 0 Å². The van der Waals surface area contributed by atoms with E-state index >= 15 is 0 Å². The molecule has 0 heterocycles. The molecule has 5 nitrogen and oxygen atoms in total. The summed E-state index contributed by atoms with van der Waals surface area (Å²) >= 11 is 0. The van der Waals surface area contributed by atoms with Crippen LogP contribution in [0.1, 0.15) is 32.6 Å². The molecule has 0 saturated heterocycles. The van der Waals surface area contributed by atoms with Gasteiger partial charge in [-0.3, -0.25) is 15.7 Å². The standard InChI is InChI=1S/C8H19N5.Po/c1-2-3-4-5-6-12-8(11)13-7(9)10;/h2-6H2,1H3,(H6,9,10,11,12,13);. The van der Waals surface area contributed by atoms with Crippen molar-refractivity contribution in [2.24, 2.45) is 16.5 Å². The first-order valence-electron chi connectivity index (χ1n) is 4.57. The first kappa shape index (κ1) is 16.1. The largest absolute Gasteiger partial charge is 0.370 e. The number of hydrogen-bond donors (Lipinski definition) is 4. The van der Waals surface area contributed by atoms with Crippen molar-refractivity contribution in [3.8, 4) is 0 Å². The summed E-state index contributed by atoms with van der Waals surface area (Å²) in [7, 11) is 0. The summed E-state index contributed by atoms with van der Waals surface area (Å²) in [6.07, 6.45) is 4.65. The van der Waals surface area contributed by atoms with Gasteiger partial charge in [-0.2, -0.15) is 0 Å². The fourth-order valence-electron chi connectivity index (χ4n) is 0.916. The number of nitrogens with two attached hydrogens (primary N) is 2. The number of guanidine groups is 2. The number of hydrogen-bond acceptors (Lipinski definition) is 2. The van der Waals surface area contributed by atoms with E-state index in [0.717, 1.165) is 6.42 Å². The zero-order valence-corrected chi connectivity index (χ0v) is 11.7. The second-order valence-electron chi connectivity index (χ2n) is 2.87. The number of unbranched alkanes of at least 4 members (excludes halogenated alkanes) is 3. The molecule has 0 aromatic rings. The molecule has 6 heteroatoms. The van der Waals surface area contributed by atoms with Gasteiger partial charge in [0, 0.05) is 33.1 Å². The fourth-order valence-corrected chi connectivity index (χ4v) is 0.916. The van der Waals surface area contributed by atoms with Crippen LogP contribution in [0.5, 0.6) is 0 Å². The third-order valence-corrected chi connectivity index (χ3v) is 1.56. The minimum Gasteiger partial charge on any atom is -0.370 e. The average molecular weight is 394 g/mol. The predicted molar refractivity (Wildman–Crippen MR) is 61.4 cm³/mol. The van der Waals surface area contributed by atoms with E-state index in [9.17, 15) is 0 Å². The van der Waals surface area contributed by atoms with Crippen LogP contribution in [0.15, 0.2) is 4.99 Å². The van der Waals surface area contributed by atoms with Crippen LogP contribution < -0.4 is 16.8 Å². The van der Waals surface area contributed by atoms with Crippen molar-refractivity contribution >= 4 is 38.5 Å². The van der Waals surface area contributed by atoms with Crippen molar-refractivity contribution in [2.75, 3.05) is 6.54 Å². The maximum Gasteiger partial charge on any atom is 0.195 e.